The number of phenols is 1. The fourth-order valence-electron chi connectivity index (χ4n) is 2.40. The summed E-state index contributed by atoms with van der Waals surface area (Å²) < 4.78 is 0. The summed E-state index contributed by atoms with van der Waals surface area (Å²) in [7, 11) is 2.11. The lowest BCUT2D eigenvalue weighted by molar-refractivity contribution is 0.114. The Balaban J connectivity index is 2.24. The predicted molar refractivity (Wildman–Crippen MR) is 63.6 cm³/mol. The third-order valence-electron chi connectivity index (χ3n) is 3.73. The lowest BCUT2D eigenvalue weighted by atomic mass is 9.73. The summed E-state index contributed by atoms with van der Waals surface area (Å²) in [6, 6.07) is 7.25. The fraction of sp³-hybridized carbons (Fsp3) is 0.538. The average molecular weight is 221 g/mol. The molecule has 0 aliphatic carbocycles. The molecule has 0 unspecified atom stereocenters. The molecule has 88 valence electrons. The van der Waals surface area contributed by atoms with Crippen molar-refractivity contribution in [2.75, 3.05) is 26.7 Å². The van der Waals surface area contributed by atoms with Crippen LogP contribution in [0.2, 0.25) is 0 Å². The minimum atomic E-state index is -0.111. The SMILES string of the molecule is CN1CCC(CO)(c2ccc(O)cc2)CC1. The van der Waals surface area contributed by atoms with E-state index in [-0.39, 0.29) is 17.8 Å². The van der Waals surface area contributed by atoms with E-state index in [0.717, 1.165) is 31.5 Å². The molecule has 2 N–H and O–H groups in total. The monoisotopic (exact) mass is 221 g/mol. The van der Waals surface area contributed by atoms with Crippen LogP contribution >= 0.6 is 0 Å². The molecular formula is C13H19NO2. The van der Waals surface area contributed by atoms with Crippen LogP contribution in [-0.4, -0.2) is 41.9 Å². The average Bonchev–Trinajstić information content (AvgIpc) is 2.32. The summed E-state index contributed by atoms with van der Waals surface area (Å²) in [6.07, 6.45) is 1.95. The maximum absolute atomic E-state index is 9.67. The Morgan fingerprint density at radius 3 is 2.25 bits per heavy atom. The maximum atomic E-state index is 9.67. The standard InChI is InChI=1S/C13H19NO2/c1-14-8-6-13(10-15,7-9-14)11-2-4-12(16)5-3-11/h2-5,15-16H,6-10H2,1H3. The lowest BCUT2D eigenvalue weighted by Crippen LogP contribution is -2.43. The number of likely N-dealkylation sites (tertiary alicyclic amines) is 1. The van der Waals surface area contributed by atoms with Gasteiger partial charge in [-0.2, -0.15) is 0 Å². The second-order valence-corrected chi connectivity index (χ2v) is 4.79. The molecule has 1 aromatic rings. The van der Waals surface area contributed by atoms with Crippen LogP contribution in [-0.2, 0) is 5.41 Å². The summed E-state index contributed by atoms with van der Waals surface area (Å²) in [4.78, 5) is 2.29. The summed E-state index contributed by atoms with van der Waals surface area (Å²) in [6.45, 7) is 2.22. The normalized spacial score (nSPS) is 20.9. The Hall–Kier alpha value is -1.06. The van der Waals surface area contributed by atoms with Crippen LogP contribution < -0.4 is 0 Å². The van der Waals surface area contributed by atoms with Gasteiger partial charge in [0.2, 0.25) is 0 Å². The van der Waals surface area contributed by atoms with Gasteiger partial charge in [-0.05, 0) is 50.7 Å². The van der Waals surface area contributed by atoms with Gasteiger partial charge in [-0.15, -0.1) is 0 Å². The van der Waals surface area contributed by atoms with E-state index in [2.05, 4.69) is 11.9 Å². The molecule has 2 rings (SSSR count). The molecule has 1 aliphatic heterocycles. The van der Waals surface area contributed by atoms with Crippen molar-refractivity contribution >= 4 is 0 Å². The van der Waals surface area contributed by atoms with E-state index >= 15 is 0 Å². The molecule has 0 saturated carbocycles. The van der Waals surface area contributed by atoms with Gasteiger partial charge < -0.3 is 15.1 Å². The van der Waals surface area contributed by atoms with Crippen LogP contribution in [0.5, 0.6) is 5.75 Å². The first-order valence-corrected chi connectivity index (χ1v) is 5.75. The molecule has 1 aliphatic rings. The Labute approximate surface area is 96.3 Å². The van der Waals surface area contributed by atoms with Gasteiger partial charge in [0.1, 0.15) is 5.75 Å². The number of piperidine rings is 1. The van der Waals surface area contributed by atoms with E-state index in [1.165, 1.54) is 0 Å². The van der Waals surface area contributed by atoms with E-state index < -0.39 is 0 Å². The third kappa shape index (κ3) is 2.06. The van der Waals surface area contributed by atoms with E-state index in [9.17, 15) is 10.2 Å². The minimum absolute atomic E-state index is 0.111. The van der Waals surface area contributed by atoms with Gasteiger partial charge in [-0.25, -0.2) is 0 Å². The first-order valence-electron chi connectivity index (χ1n) is 5.75. The van der Waals surface area contributed by atoms with Gasteiger partial charge in [-0.3, -0.25) is 0 Å². The number of hydrogen-bond donors (Lipinski definition) is 2. The molecule has 1 fully saturated rings. The second kappa shape index (κ2) is 4.44. The highest BCUT2D eigenvalue weighted by atomic mass is 16.3. The molecule has 0 atom stereocenters. The molecule has 3 heteroatoms. The lowest BCUT2D eigenvalue weighted by Gasteiger charge is -2.39. The van der Waals surface area contributed by atoms with E-state index in [1.807, 2.05) is 12.1 Å². The molecule has 0 bridgehead atoms. The van der Waals surface area contributed by atoms with Crippen molar-refractivity contribution in [3.63, 3.8) is 0 Å². The molecule has 1 heterocycles. The Morgan fingerprint density at radius 2 is 1.75 bits per heavy atom. The summed E-state index contributed by atoms with van der Waals surface area (Å²) in [5, 5.41) is 19.0. The molecule has 1 aromatic carbocycles. The number of benzene rings is 1. The van der Waals surface area contributed by atoms with Crippen molar-refractivity contribution in [2.45, 2.75) is 18.3 Å². The van der Waals surface area contributed by atoms with Gasteiger partial charge in [-0.1, -0.05) is 12.1 Å². The van der Waals surface area contributed by atoms with E-state index in [1.54, 1.807) is 12.1 Å². The number of phenolic OH excluding ortho intramolecular Hbond substituents is 1. The maximum Gasteiger partial charge on any atom is 0.115 e. The van der Waals surface area contributed by atoms with Crippen molar-refractivity contribution in [2.24, 2.45) is 0 Å². The minimum Gasteiger partial charge on any atom is -0.508 e. The molecule has 0 aromatic heterocycles. The summed E-state index contributed by atoms with van der Waals surface area (Å²) in [5.41, 5.74) is 1.03. The molecule has 0 amide bonds. The highest BCUT2D eigenvalue weighted by molar-refractivity contribution is 5.32. The Morgan fingerprint density at radius 1 is 1.19 bits per heavy atom. The predicted octanol–water partition coefficient (Wildman–Crippen LogP) is 1.35. The van der Waals surface area contributed by atoms with Crippen molar-refractivity contribution in [3.8, 4) is 5.75 Å². The van der Waals surface area contributed by atoms with Crippen LogP contribution in [0.3, 0.4) is 0 Å². The topological polar surface area (TPSA) is 43.7 Å². The van der Waals surface area contributed by atoms with E-state index in [4.69, 9.17) is 0 Å². The first kappa shape index (κ1) is 11.4. The number of nitrogens with zero attached hydrogens (tertiary/aromatic N) is 1. The van der Waals surface area contributed by atoms with Crippen LogP contribution in [0, 0.1) is 0 Å². The van der Waals surface area contributed by atoms with Gasteiger partial charge >= 0.3 is 0 Å². The quantitative estimate of drug-likeness (QED) is 0.792. The van der Waals surface area contributed by atoms with Crippen LogP contribution in [0.25, 0.3) is 0 Å². The second-order valence-electron chi connectivity index (χ2n) is 4.79. The van der Waals surface area contributed by atoms with Crippen molar-refractivity contribution in [3.05, 3.63) is 29.8 Å². The van der Waals surface area contributed by atoms with Crippen LogP contribution in [0.15, 0.2) is 24.3 Å². The molecule has 3 nitrogen and oxygen atoms in total. The van der Waals surface area contributed by atoms with Gasteiger partial charge in [0, 0.05) is 5.41 Å². The highest BCUT2D eigenvalue weighted by Crippen LogP contribution is 2.35. The molecule has 0 radical (unpaired) electrons. The van der Waals surface area contributed by atoms with E-state index in [0.29, 0.717) is 0 Å². The number of hydrogen-bond acceptors (Lipinski definition) is 3. The number of aromatic hydroxyl groups is 1. The van der Waals surface area contributed by atoms with Crippen LogP contribution in [0.1, 0.15) is 18.4 Å². The number of aliphatic hydroxyl groups is 1. The van der Waals surface area contributed by atoms with Crippen molar-refractivity contribution in [1.82, 2.24) is 4.90 Å². The smallest absolute Gasteiger partial charge is 0.115 e. The largest absolute Gasteiger partial charge is 0.508 e. The van der Waals surface area contributed by atoms with Crippen molar-refractivity contribution in [1.29, 1.82) is 0 Å². The molecule has 1 saturated heterocycles. The zero-order valence-corrected chi connectivity index (χ0v) is 9.69. The molecule has 16 heavy (non-hydrogen) atoms. The van der Waals surface area contributed by atoms with Gasteiger partial charge in [0.15, 0.2) is 0 Å². The summed E-state index contributed by atoms with van der Waals surface area (Å²) in [5.74, 6) is 0.282. The third-order valence-corrected chi connectivity index (χ3v) is 3.73. The molecular weight excluding hydrogens is 202 g/mol. The van der Waals surface area contributed by atoms with Gasteiger partial charge in [0.05, 0.1) is 6.61 Å². The number of rotatable bonds is 2. The fourth-order valence-corrected chi connectivity index (χ4v) is 2.40. The Kier molecular flexibility index (Phi) is 3.17. The number of aliphatic hydroxyl groups excluding tert-OH is 1. The van der Waals surface area contributed by atoms with Crippen molar-refractivity contribution < 1.29 is 10.2 Å². The highest BCUT2D eigenvalue weighted by Gasteiger charge is 2.34. The zero-order chi connectivity index (χ0) is 11.6. The Bertz CT molecular complexity index is 339. The molecule has 0 spiro atoms. The van der Waals surface area contributed by atoms with Gasteiger partial charge in [0.25, 0.3) is 0 Å². The first-order chi connectivity index (χ1) is 7.66. The van der Waals surface area contributed by atoms with Crippen LogP contribution in [0.4, 0.5) is 0 Å². The summed E-state index contributed by atoms with van der Waals surface area (Å²) >= 11 is 0. The zero-order valence-electron chi connectivity index (χ0n) is 9.69.